The van der Waals surface area contributed by atoms with E-state index >= 15 is 0 Å². The maximum Gasteiger partial charge on any atom is 0.137 e. The third kappa shape index (κ3) is 7.75. The van der Waals surface area contributed by atoms with Gasteiger partial charge in [-0.1, -0.05) is 0 Å². The standard InChI is InChI=1S/C14H24N2O/c1-14(2,3)16-10-5-4-6-11-17-13-8-7-9-15-12-13/h7-9,12,16H,4-6,10-11H2,1-3H3. The van der Waals surface area contributed by atoms with Gasteiger partial charge in [-0.3, -0.25) is 4.98 Å². The van der Waals surface area contributed by atoms with E-state index in [1.54, 1.807) is 12.4 Å². The fourth-order valence-corrected chi connectivity index (χ4v) is 1.49. The lowest BCUT2D eigenvalue weighted by Crippen LogP contribution is -2.36. The van der Waals surface area contributed by atoms with E-state index in [4.69, 9.17) is 4.74 Å². The van der Waals surface area contributed by atoms with Gasteiger partial charge >= 0.3 is 0 Å². The van der Waals surface area contributed by atoms with Crippen molar-refractivity contribution in [2.45, 2.75) is 45.6 Å². The first-order chi connectivity index (χ1) is 8.08. The molecule has 1 rings (SSSR count). The van der Waals surface area contributed by atoms with Crippen LogP contribution < -0.4 is 10.1 Å². The molecule has 1 heterocycles. The zero-order chi connectivity index (χ0) is 12.6. The molecule has 0 radical (unpaired) electrons. The van der Waals surface area contributed by atoms with Gasteiger partial charge in [-0.15, -0.1) is 0 Å². The summed E-state index contributed by atoms with van der Waals surface area (Å²) in [5.74, 6) is 0.861. The largest absolute Gasteiger partial charge is 0.492 e. The van der Waals surface area contributed by atoms with Crippen LogP contribution in [-0.4, -0.2) is 23.7 Å². The summed E-state index contributed by atoms with van der Waals surface area (Å²) in [6.45, 7) is 8.44. The van der Waals surface area contributed by atoms with E-state index in [0.717, 1.165) is 25.3 Å². The molecule has 0 saturated carbocycles. The Hall–Kier alpha value is -1.09. The van der Waals surface area contributed by atoms with Gasteiger partial charge in [0.15, 0.2) is 0 Å². The molecule has 0 aromatic carbocycles. The molecule has 0 amide bonds. The van der Waals surface area contributed by atoms with Crippen LogP contribution in [0, 0.1) is 0 Å². The molecule has 17 heavy (non-hydrogen) atoms. The van der Waals surface area contributed by atoms with Gasteiger partial charge in [0.05, 0.1) is 12.8 Å². The predicted molar refractivity (Wildman–Crippen MR) is 71.3 cm³/mol. The number of rotatable bonds is 7. The third-order valence-corrected chi connectivity index (χ3v) is 2.38. The van der Waals surface area contributed by atoms with Crippen LogP contribution in [0.15, 0.2) is 24.5 Å². The molecule has 0 aliphatic carbocycles. The van der Waals surface area contributed by atoms with Crippen molar-refractivity contribution in [1.29, 1.82) is 0 Å². The minimum absolute atomic E-state index is 0.228. The van der Waals surface area contributed by atoms with Crippen LogP contribution in [0.3, 0.4) is 0 Å². The predicted octanol–water partition coefficient (Wildman–Crippen LogP) is 3.02. The van der Waals surface area contributed by atoms with Crippen molar-refractivity contribution in [3.63, 3.8) is 0 Å². The quantitative estimate of drug-likeness (QED) is 0.739. The number of nitrogens with zero attached hydrogens (tertiary/aromatic N) is 1. The number of hydrogen-bond donors (Lipinski definition) is 1. The minimum Gasteiger partial charge on any atom is -0.492 e. The zero-order valence-corrected chi connectivity index (χ0v) is 11.2. The first-order valence-electron chi connectivity index (χ1n) is 6.36. The second-order valence-electron chi connectivity index (χ2n) is 5.27. The van der Waals surface area contributed by atoms with Crippen molar-refractivity contribution < 1.29 is 4.74 Å². The molecule has 0 aliphatic heterocycles. The van der Waals surface area contributed by atoms with E-state index in [0.29, 0.717) is 0 Å². The van der Waals surface area contributed by atoms with Crippen LogP contribution in [0.1, 0.15) is 40.0 Å². The van der Waals surface area contributed by atoms with Crippen LogP contribution in [0.2, 0.25) is 0 Å². The number of hydrogen-bond acceptors (Lipinski definition) is 3. The van der Waals surface area contributed by atoms with Gasteiger partial charge in [-0.25, -0.2) is 0 Å². The Bertz CT molecular complexity index is 293. The molecule has 0 bridgehead atoms. The molecule has 96 valence electrons. The van der Waals surface area contributed by atoms with E-state index in [-0.39, 0.29) is 5.54 Å². The highest BCUT2D eigenvalue weighted by Gasteiger charge is 2.06. The molecule has 0 aliphatic rings. The summed E-state index contributed by atoms with van der Waals surface area (Å²) in [5, 5.41) is 3.48. The second-order valence-corrected chi connectivity index (χ2v) is 5.27. The van der Waals surface area contributed by atoms with E-state index < -0.39 is 0 Å². The summed E-state index contributed by atoms with van der Waals surface area (Å²) in [5.41, 5.74) is 0.228. The Morgan fingerprint density at radius 3 is 2.71 bits per heavy atom. The molecule has 0 atom stereocenters. The average molecular weight is 236 g/mol. The maximum absolute atomic E-state index is 5.57. The van der Waals surface area contributed by atoms with Crippen LogP contribution in [0.5, 0.6) is 5.75 Å². The molecule has 0 unspecified atom stereocenters. The summed E-state index contributed by atoms with van der Waals surface area (Å²) < 4.78 is 5.57. The van der Waals surface area contributed by atoms with Gasteiger partial charge in [0.1, 0.15) is 5.75 Å². The van der Waals surface area contributed by atoms with Crippen molar-refractivity contribution in [2.75, 3.05) is 13.2 Å². The first-order valence-corrected chi connectivity index (χ1v) is 6.36. The Morgan fingerprint density at radius 2 is 2.06 bits per heavy atom. The number of aromatic nitrogens is 1. The lowest BCUT2D eigenvalue weighted by Gasteiger charge is -2.20. The average Bonchev–Trinajstić information content (AvgIpc) is 2.28. The number of unbranched alkanes of at least 4 members (excludes halogenated alkanes) is 2. The SMILES string of the molecule is CC(C)(C)NCCCCCOc1cccnc1. The van der Waals surface area contributed by atoms with Gasteiger partial charge in [0.2, 0.25) is 0 Å². The van der Waals surface area contributed by atoms with Gasteiger partial charge < -0.3 is 10.1 Å². The molecule has 1 aromatic rings. The second kappa shape index (κ2) is 7.28. The Morgan fingerprint density at radius 1 is 1.24 bits per heavy atom. The summed E-state index contributed by atoms with van der Waals surface area (Å²) in [6, 6.07) is 3.83. The maximum atomic E-state index is 5.57. The van der Waals surface area contributed by atoms with Crippen LogP contribution in [0.4, 0.5) is 0 Å². The monoisotopic (exact) mass is 236 g/mol. The number of pyridine rings is 1. The molecule has 1 aromatic heterocycles. The molecular formula is C14H24N2O. The smallest absolute Gasteiger partial charge is 0.137 e. The van der Waals surface area contributed by atoms with E-state index in [2.05, 4.69) is 31.1 Å². The minimum atomic E-state index is 0.228. The van der Waals surface area contributed by atoms with Crippen molar-refractivity contribution in [3.8, 4) is 5.75 Å². The molecule has 0 saturated heterocycles. The summed E-state index contributed by atoms with van der Waals surface area (Å²) in [7, 11) is 0. The van der Waals surface area contributed by atoms with Crippen LogP contribution in [0.25, 0.3) is 0 Å². The summed E-state index contributed by atoms with van der Waals surface area (Å²) in [4.78, 5) is 4.01. The molecule has 3 nitrogen and oxygen atoms in total. The highest BCUT2D eigenvalue weighted by Crippen LogP contribution is 2.07. The van der Waals surface area contributed by atoms with Crippen molar-refractivity contribution in [3.05, 3.63) is 24.5 Å². The zero-order valence-electron chi connectivity index (χ0n) is 11.2. The van der Waals surface area contributed by atoms with E-state index in [1.807, 2.05) is 12.1 Å². The molecule has 3 heteroatoms. The fourth-order valence-electron chi connectivity index (χ4n) is 1.49. The molecule has 0 fully saturated rings. The highest BCUT2D eigenvalue weighted by atomic mass is 16.5. The summed E-state index contributed by atoms with van der Waals surface area (Å²) >= 11 is 0. The van der Waals surface area contributed by atoms with Crippen LogP contribution in [-0.2, 0) is 0 Å². The van der Waals surface area contributed by atoms with E-state index in [9.17, 15) is 0 Å². The molecule has 0 spiro atoms. The Balaban J connectivity index is 1.95. The molecule has 1 N–H and O–H groups in total. The van der Waals surface area contributed by atoms with E-state index in [1.165, 1.54) is 12.8 Å². The first kappa shape index (κ1) is 14.0. The van der Waals surface area contributed by atoms with Crippen LogP contribution >= 0.6 is 0 Å². The Kier molecular flexibility index (Phi) is 5.98. The normalized spacial score (nSPS) is 11.5. The fraction of sp³-hybridized carbons (Fsp3) is 0.643. The van der Waals surface area contributed by atoms with Crippen molar-refractivity contribution >= 4 is 0 Å². The van der Waals surface area contributed by atoms with Gasteiger partial charge in [0.25, 0.3) is 0 Å². The third-order valence-electron chi connectivity index (χ3n) is 2.38. The highest BCUT2D eigenvalue weighted by molar-refractivity contribution is 5.15. The topological polar surface area (TPSA) is 34.1 Å². The van der Waals surface area contributed by atoms with Gasteiger partial charge in [0, 0.05) is 11.7 Å². The Labute approximate surface area is 105 Å². The lowest BCUT2D eigenvalue weighted by atomic mass is 10.1. The number of ether oxygens (including phenoxy) is 1. The lowest BCUT2D eigenvalue weighted by molar-refractivity contribution is 0.302. The number of nitrogens with one attached hydrogen (secondary N) is 1. The van der Waals surface area contributed by atoms with Crippen molar-refractivity contribution in [2.24, 2.45) is 0 Å². The molecular weight excluding hydrogens is 212 g/mol. The van der Waals surface area contributed by atoms with Gasteiger partial charge in [-0.2, -0.15) is 0 Å². The van der Waals surface area contributed by atoms with Gasteiger partial charge in [-0.05, 0) is 58.7 Å². The summed E-state index contributed by atoms with van der Waals surface area (Å²) in [6.07, 6.45) is 7.00. The van der Waals surface area contributed by atoms with Crippen molar-refractivity contribution in [1.82, 2.24) is 10.3 Å².